The van der Waals surface area contributed by atoms with E-state index in [0.29, 0.717) is 13.1 Å². The number of rotatable bonds is 2. The molecule has 20 heavy (non-hydrogen) atoms. The third kappa shape index (κ3) is 3.35. The van der Waals surface area contributed by atoms with E-state index in [9.17, 15) is 9.18 Å². The lowest BCUT2D eigenvalue weighted by atomic mass is 10.1. The molecule has 2 N–H and O–H groups in total. The Bertz CT molecular complexity index is 563. The van der Waals surface area contributed by atoms with Crippen molar-refractivity contribution < 1.29 is 14.3 Å². The summed E-state index contributed by atoms with van der Waals surface area (Å²) in [5.74, 6) is 4.64. The van der Waals surface area contributed by atoms with E-state index in [1.54, 1.807) is 12.1 Å². The molecule has 106 valence electrons. The van der Waals surface area contributed by atoms with Crippen LogP contribution >= 0.6 is 0 Å². The van der Waals surface area contributed by atoms with Crippen LogP contribution in [0.2, 0.25) is 0 Å². The van der Waals surface area contributed by atoms with Crippen LogP contribution in [0.25, 0.3) is 0 Å². The molecule has 0 aliphatic carbocycles. The van der Waals surface area contributed by atoms with Crippen molar-refractivity contribution in [1.82, 2.24) is 10.2 Å². The van der Waals surface area contributed by atoms with E-state index >= 15 is 0 Å². The van der Waals surface area contributed by atoms with Crippen molar-refractivity contribution >= 4 is 5.91 Å². The Hall–Kier alpha value is -1.90. The minimum absolute atomic E-state index is 0.0126. The number of piperazine rings is 1. The number of aliphatic hydroxyl groups excluding tert-OH is 1. The zero-order valence-electron chi connectivity index (χ0n) is 11.3. The molecular weight excluding hydrogens is 259 g/mol. The summed E-state index contributed by atoms with van der Waals surface area (Å²) in [7, 11) is 0. The molecule has 0 bridgehead atoms. The molecule has 4 nitrogen and oxygen atoms in total. The number of amides is 1. The Balaban J connectivity index is 2.15. The summed E-state index contributed by atoms with van der Waals surface area (Å²) in [6.07, 6.45) is 0. The lowest BCUT2D eigenvalue weighted by molar-refractivity contribution is -0.128. The summed E-state index contributed by atoms with van der Waals surface area (Å²) in [5.41, 5.74) is 1.17. The molecule has 0 saturated carbocycles. The van der Waals surface area contributed by atoms with Gasteiger partial charge < -0.3 is 10.4 Å². The predicted octanol–water partition coefficient (Wildman–Crippen LogP) is 0.490. The van der Waals surface area contributed by atoms with Gasteiger partial charge in [-0.3, -0.25) is 9.69 Å². The molecule has 1 aliphatic heterocycles. The van der Waals surface area contributed by atoms with Crippen molar-refractivity contribution in [2.75, 3.05) is 19.7 Å². The second-order valence-corrected chi connectivity index (χ2v) is 4.71. The molecule has 1 saturated heterocycles. The van der Waals surface area contributed by atoms with E-state index in [4.69, 9.17) is 5.11 Å². The van der Waals surface area contributed by atoms with Crippen LogP contribution in [0.1, 0.15) is 18.1 Å². The van der Waals surface area contributed by atoms with Crippen LogP contribution in [0.4, 0.5) is 4.39 Å². The van der Waals surface area contributed by atoms with Gasteiger partial charge in [0.1, 0.15) is 12.4 Å². The molecule has 0 spiro atoms. The molecule has 1 amide bonds. The standard InChI is InChI=1S/C15H17FN2O2/c1-11-15(20)17-6-7-18(11)10-12-4-5-14(16)13(9-12)3-2-8-19/h4-5,9,11,19H,6-8,10H2,1H3,(H,17,20). The Kier molecular flexibility index (Phi) is 4.72. The van der Waals surface area contributed by atoms with Crippen LogP contribution in [0.5, 0.6) is 0 Å². The molecule has 1 aromatic carbocycles. The van der Waals surface area contributed by atoms with E-state index in [1.807, 2.05) is 11.8 Å². The van der Waals surface area contributed by atoms with E-state index in [0.717, 1.165) is 12.1 Å². The molecule has 1 unspecified atom stereocenters. The maximum Gasteiger partial charge on any atom is 0.237 e. The van der Waals surface area contributed by atoms with Crippen LogP contribution in [-0.4, -0.2) is 41.7 Å². The molecule has 1 aromatic rings. The first-order valence-electron chi connectivity index (χ1n) is 6.51. The fourth-order valence-electron chi connectivity index (χ4n) is 2.18. The fraction of sp³-hybridized carbons (Fsp3) is 0.400. The molecule has 1 atom stereocenters. The van der Waals surface area contributed by atoms with E-state index < -0.39 is 5.82 Å². The topological polar surface area (TPSA) is 52.6 Å². The predicted molar refractivity (Wildman–Crippen MR) is 73.2 cm³/mol. The molecular formula is C15H17FN2O2. The maximum atomic E-state index is 13.5. The molecule has 0 aromatic heterocycles. The van der Waals surface area contributed by atoms with E-state index in [1.165, 1.54) is 6.07 Å². The molecule has 0 radical (unpaired) electrons. The number of benzene rings is 1. The van der Waals surface area contributed by atoms with Gasteiger partial charge in [0.15, 0.2) is 0 Å². The lowest BCUT2D eigenvalue weighted by Crippen LogP contribution is -2.53. The van der Waals surface area contributed by atoms with Crippen molar-refractivity contribution in [1.29, 1.82) is 0 Å². The van der Waals surface area contributed by atoms with Gasteiger partial charge in [-0.15, -0.1) is 0 Å². The molecule has 5 heteroatoms. The highest BCUT2D eigenvalue weighted by atomic mass is 19.1. The Morgan fingerprint density at radius 1 is 1.55 bits per heavy atom. The Morgan fingerprint density at radius 3 is 3.10 bits per heavy atom. The first-order chi connectivity index (χ1) is 9.61. The molecule has 1 heterocycles. The van der Waals surface area contributed by atoms with Crippen molar-refractivity contribution in [2.24, 2.45) is 0 Å². The van der Waals surface area contributed by atoms with Crippen LogP contribution in [-0.2, 0) is 11.3 Å². The summed E-state index contributed by atoms with van der Waals surface area (Å²) >= 11 is 0. The number of hydrogen-bond donors (Lipinski definition) is 2. The maximum absolute atomic E-state index is 13.5. The minimum Gasteiger partial charge on any atom is -0.384 e. The van der Waals surface area contributed by atoms with E-state index in [2.05, 4.69) is 17.2 Å². The second kappa shape index (κ2) is 6.51. The van der Waals surface area contributed by atoms with Gasteiger partial charge in [-0.2, -0.15) is 0 Å². The smallest absolute Gasteiger partial charge is 0.237 e. The van der Waals surface area contributed by atoms with Gasteiger partial charge >= 0.3 is 0 Å². The van der Waals surface area contributed by atoms with Crippen molar-refractivity contribution in [3.05, 3.63) is 35.1 Å². The highest BCUT2D eigenvalue weighted by Crippen LogP contribution is 2.14. The van der Waals surface area contributed by atoms with Gasteiger partial charge in [-0.05, 0) is 24.6 Å². The van der Waals surface area contributed by atoms with Crippen LogP contribution in [0.3, 0.4) is 0 Å². The zero-order valence-corrected chi connectivity index (χ0v) is 11.3. The summed E-state index contributed by atoms with van der Waals surface area (Å²) < 4.78 is 13.5. The SMILES string of the molecule is CC1C(=O)NCCN1Cc1ccc(F)c(C#CCO)c1. The van der Waals surface area contributed by atoms with E-state index in [-0.39, 0.29) is 24.1 Å². The zero-order chi connectivity index (χ0) is 14.5. The normalized spacial score (nSPS) is 19.1. The number of halogens is 1. The third-order valence-corrected chi connectivity index (χ3v) is 3.34. The summed E-state index contributed by atoms with van der Waals surface area (Å²) in [4.78, 5) is 13.6. The number of nitrogens with zero attached hydrogens (tertiary/aromatic N) is 1. The minimum atomic E-state index is -0.404. The summed E-state index contributed by atoms with van der Waals surface area (Å²) in [6, 6.07) is 4.53. The Labute approximate surface area is 117 Å². The highest BCUT2D eigenvalue weighted by Gasteiger charge is 2.25. The van der Waals surface area contributed by atoms with Gasteiger partial charge in [0.25, 0.3) is 0 Å². The summed E-state index contributed by atoms with van der Waals surface area (Å²) in [5, 5.41) is 11.5. The number of carbonyl (C=O) groups excluding carboxylic acids is 1. The first-order valence-corrected chi connectivity index (χ1v) is 6.51. The molecule has 1 aliphatic rings. The monoisotopic (exact) mass is 276 g/mol. The molecule has 1 fully saturated rings. The fourth-order valence-corrected chi connectivity index (χ4v) is 2.18. The largest absolute Gasteiger partial charge is 0.384 e. The van der Waals surface area contributed by atoms with Gasteiger partial charge in [-0.1, -0.05) is 17.9 Å². The van der Waals surface area contributed by atoms with Gasteiger partial charge in [0.2, 0.25) is 5.91 Å². The van der Waals surface area contributed by atoms with Gasteiger partial charge in [0, 0.05) is 19.6 Å². The average molecular weight is 276 g/mol. The van der Waals surface area contributed by atoms with Crippen molar-refractivity contribution in [2.45, 2.75) is 19.5 Å². The first kappa shape index (κ1) is 14.5. The second-order valence-electron chi connectivity index (χ2n) is 4.71. The quantitative estimate of drug-likeness (QED) is 0.773. The molecule has 2 rings (SSSR count). The van der Waals surface area contributed by atoms with Crippen molar-refractivity contribution in [3.8, 4) is 11.8 Å². The number of carbonyl (C=O) groups is 1. The highest BCUT2D eigenvalue weighted by molar-refractivity contribution is 5.81. The lowest BCUT2D eigenvalue weighted by Gasteiger charge is -2.32. The van der Waals surface area contributed by atoms with Gasteiger partial charge in [0.05, 0.1) is 11.6 Å². The number of aliphatic hydroxyl groups is 1. The summed E-state index contributed by atoms with van der Waals surface area (Å²) in [6.45, 7) is 3.52. The van der Waals surface area contributed by atoms with Crippen LogP contribution < -0.4 is 5.32 Å². The van der Waals surface area contributed by atoms with Crippen LogP contribution in [0.15, 0.2) is 18.2 Å². The average Bonchev–Trinajstić information content (AvgIpc) is 2.44. The third-order valence-electron chi connectivity index (χ3n) is 3.34. The van der Waals surface area contributed by atoms with Crippen molar-refractivity contribution in [3.63, 3.8) is 0 Å². The van der Waals surface area contributed by atoms with Crippen LogP contribution in [0, 0.1) is 17.7 Å². The number of nitrogens with one attached hydrogen (secondary N) is 1. The Morgan fingerprint density at radius 2 is 2.35 bits per heavy atom. The van der Waals surface area contributed by atoms with Gasteiger partial charge in [-0.25, -0.2) is 4.39 Å². The number of hydrogen-bond acceptors (Lipinski definition) is 3.